The van der Waals surface area contributed by atoms with Crippen LogP contribution in [-0.2, 0) is 0 Å². The van der Waals surface area contributed by atoms with Gasteiger partial charge in [-0.15, -0.1) is 0 Å². The Kier molecular flexibility index (Phi) is 5.19. The van der Waals surface area contributed by atoms with Crippen LogP contribution in [0.25, 0.3) is 11.1 Å². The van der Waals surface area contributed by atoms with E-state index in [0.29, 0.717) is 10.4 Å². The molecule has 0 aliphatic carbocycles. The van der Waals surface area contributed by atoms with Crippen LogP contribution in [0.4, 0.5) is 0 Å². The Bertz CT molecular complexity index is 1350. The summed E-state index contributed by atoms with van der Waals surface area (Å²) in [4.78, 5) is 26.2. The summed E-state index contributed by atoms with van der Waals surface area (Å²) in [5.74, 6) is 0. The minimum absolute atomic E-state index is 0.438. The first-order chi connectivity index (χ1) is 15.8. The highest BCUT2D eigenvalue weighted by Crippen LogP contribution is 2.22. The molecule has 152 valence electrons. The second kappa shape index (κ2) is 8.44. The SMILES string of the molecule is O=c1c(=O)c(=C(c2ccccc2)c2ccccc2)c1=C(c1ccccc1)c1ccccc1. The maximum Gasteiger partial charge on any atom is 0.234 e. The van der Waals surface area contributed by atoms with Crippen molar-refractivity contribution in [2.24, 2.45) is 0 Å². The minimum Gasteiger partial charge on any atom is -0.285 e. The van der Waals surface area contributed by atoms with Gasteiger partial charge in [0.1, 0.15) is 0 Å². The fraction of sp³-hybridized carbons (Fsp3) is 0. The molecule has 0 aliphatic heterocycles. The van der Waals surface area contributed by atoms with Crippen molar-refractivity contribution in [3.63, 3.8) is 0 Å². The molecular formula is C30H20O2. The van der Waals surface area contributed by atoms with Crippen LogP contribution < -0.4 is 21.3 Å². The molecule has 0 aromatic heterocycles. The van der Waals surface area contributed by atoms with Crippen LogP contribution in [0.1, 0.15) is 22.3 Å². The van der Waals surface area contributed by atoms with E-state index in [9.17, 15) is 9.59 Å². The zero-order valence-electron chi connectivity index (χ0n) is 17.4. The van der Waals surface area contributed by atoms with Gasteiger partial charge in [-0.2, -0.15) is 0 Å². The van der Waals surface area contributed by atoms with Crippen LogP contribution in [0.3, 0.4) is 0 Å². The molecule has 5 aromatic carbocycles. The smallest absolute Gasteiger partial charge is 0.234 e. The van der Waals surface area contributed by atoms with Gasteiger partial charge in [-0.05, 0) is 22.3 Å². The van der Waals surface area contributed by atoms with Crippen molar-refractivity contribution < 1.29 is 0 Å². The van der Waals surface area contributed by atoms with Gasteiger partial charge in [-0.25, -0.2) is 0 Å². The number of benzene rings is 4. The number of rotatable bonds is 4. The lowest BCUT2D eigenvalue weighted by atomic mass is 9.88. The molecule has 0 bridgehead atoms. The van der Waals surface area contributed by atoms with Crippen molar-refractivity contribution in [2.75, 3.05) is 0 Å². The Morgan fingerprint density at radius 3 is 0.781 bits per heavy atom. The summed E-state index contributed by atoms with van der Waals surface area (Å²) in [6, 6.07) is 39.2. The molecule has 0 spiro atoms. The van der Waals surface area contributed by atoms with Gasteiger partial charge in [-0.1, -0.05) is 121 Å². The zero-order chi connectivity index (χ0) is 21.9. The van der Waals surface area contributed by atoms with Gasteiger partial charge in [0.15, 0.2) is 0 Å². The van der Waals surface area contributed by atoms with Gasteiger partial charge in [-0.3, -0.25) is 9.59 Å². The average molecular weight is 412 g/mol. The summed E-state index contributed by atoms with van der Waals surface area (Å²) in [7, 11) is 0. The highest BCUT2D eigenvalue weighted by molar-refractivity contribution is 5.84. The summed E-state index contributed by atoms with van der Waals surface area (Å²) in [5, 5.41) is 0.963. The molecule has 32 heavy (non-hydrogen) atoms. The van der Waals surface area contributed by atoms with Crippen molar-refractivity contribution >= 4 is 11.1 Å². The van der Waals surface area contributed by atoms with Crippen molar-refractivity contribution in [3.05, 3.63) is 174 Å². The van der Waals surface area contributed by atoms with Crippen LogP contribution in [-0.4, -0.2) is 0 Å². The molecule has 2 heteroatoms. The van der Waals surface area contributed by atoms with Crippen LogP contribution in [0.5, 0.6) is 0 Å². The third kappa shape index (κ3) is 3.42. The fourth-order valence-corrected chi connectivity index (χ4v) is 4.20. The normalized spacial score (nSPS) is 10.8. The molecule has 0 amide bonds. The summed E-state index contributed by atoms with van der Waals surface area (Å²) >= 11 is 0. The van der Waals surface area contributed by atoms with Crippen molar-refractivity contribution in [1.29, 1.82) is 0 Å². The molecule has 0 saturated carbocycles. The van der Waals surface area contributed by atoms with Gasteiger partial charge in [0.05, 0.1) is 0 Å². The van der Waals surface area contributed by atoms with Crippen molar-refractivity contribution in [3.8, 4) is 0 Å². The first-order valence-corrected chi connectivity index (χ1v) is 10.6. The lowest BCUT2D eigenvalue weighted by Crippen LogP contribution is -2.66. The summed E-state index contributed by atoms with van der Waals surface area (Å²) in [6.07, 6.45) is 0. The Hall–Kier alpha value is -4.30. The van der Waals surface area contributed by atoms with Crippen molar-refractivity contribution in [2.45, 2.75) is 0 Å². The second-order valence-corrected chi connectivity index (χ2v) is 7.62. The molecule has 0 atom stereocenters. The molecular weight excluding hydrogens is 392 g/mol. The largest absolute Gasteiger partial charge is 0.285 e. The number of hydrogen-bond acceptors (Lipinski definition) is 2. The monoisotopic (exact) mass is 412 g/mol. The molecule has 0 heterocycles. The second-order valence-electron chi connectivity index (χ2n) is 7.62. The van der Waals surface area contributed by atoms with Crippen LogP contribution >= 0.6 is 0 Å². The molecule has 0 unspecified atom stereocenters. The Labute approximate surface area is 185 Å². The van der Waals surface area contributed by atoms with E-state index < -0.39 is 10.9 Å². The highest BCUT2D eigenvalue weighted by atomic mass is 16.2. The van der Waals surface area contributed by atoms with E-state index in [-0.39, 0.29) is 0 Å². The van der Waals surface area contributed by atoms with E-state index in [0.717, 1.165) is 33.4 Å². The predicted octanol–water partition coefficient (Wildman–Crippen LogP) is 3.78. The molecule has 0 fully saturated rings. The molecule has 0 aliphatic rings. The van der Waals surface area contributed by atoms with Crippen LogP contribution in [0.15, 0.2) is 131 Å². The first kappa shape index (κ1) is 19.7. The molecule has 2 nitrogen and oxygen atoms in total. The van der Waals surface area contributed by atoms with E-state index >= 15 is 0 Å². The topological polar surface area (TPSA) is 34.1 Å². The van der Waals surface area contributed by atoms with Crippen LogP contribution in [0.2, 0.25) is 0 Å². The van der Waals surface area contributed by atoms with E-state index in [1.807, 2.05) is 121 Å². The zero-order valence-corrected chi connectivity index (χ0v) is 17.4. The Balaban J connectivity index is 2.02. The fourth-order valence-electron chi connectivity index (χ4n) is 4.20. The third-order valence-electron chi connectivity index (χ3n) is 5.66. The van der Waals surface area contributed by atoms with E-state index in [4.69, 9.17) is 0 Å². The molecule has 0 N–H and O–H groups in total. The summed E-state index contributed by atoms with van der Waals surface area (Å²) in [5.41, 5.74) is 4.34. The van der Waals surface area contributed by atoms with Gasteiger partial charge >= 0.3 is 0 Å². The van der Waals surface area contributed by atoms with Gasteiger partial charge in [0, 0.05) is 21.6 Å². The predicted molar refractivity (Wildman–Crippen MR) is 130 cm³/mol. The molecule has 5 aromatic rings. The third-order valence-corrected chi connectivity index (χ3v) is 5.66. The maximum atomic E-state index is 13.1. The quantitative estimate of drug-likeness (QED) is 0.421. The van der Waals surface area contributed by atoms with Gasteiger partial charge in [0.2, 0.25) is 10.9 Å². The maximum absolute atomic E-state index is 13.1. The van der Waals surface area contributed by atoms with E-state index in [1.54, 1.807) is 0 Å². The number of hydrogen-bond donors (Lipinski definition) is 0. The Morgan fingerprint density at radius 2 is 0.562 bits per heavy atom. The molecule has 0 saturated heterocycles. The lowest BCUT2D eigenvalue weighted by molar-refractivity contribution is 1.23. The summed E-state index contributed by atoms with van der Waals surface area (Å²) < 4.78 is 0. The van der Waals surface area contributed by atoms with E-state index in [2.05, 4.69) is 0 Å². The standard InChI is InChI=1S/C30H20O2/c31-29-27(25(21-13-5-1-6-14-21)22-15-7-2-8-16-22)28(30(29)32)26(23-17-9-3-10-18-23)24-19-11-4-12-20-24/h1-20H. The van der Waals surface area contributed by atoms with Crippen molar-refractivity contribution in [1.82, 2.24) is 0 Å². The van der Waals surface area contributed by atoms with Crippen LogP contribution in [0, 0.1) is 0 Å². The highest BCUT2D eigenvalue weighted by Gasteiger charge is 2.20. The van der Waals surface area contributed by atoms with E-state index in [1.165, 1.54) is 0 Å². The Morgan fingerprint density at radius 1 is 0.344 bits per heavy atom. The van der Waals surface area contributed by atoms with Gasteiger partial charge < -0.3 is 0 Å². The summed E-state index contributed by atoms with van der Waals surface area (Å²) in [6.45, 7) is 0. The molecule has 0 radical (unpaired) electrons. The lowest BCUT2D eigenvalue weighted by Gasteiger charge is -2.13. The first-order valence-electron chi connectivity index (χ1n) is 10.6. The minimum atomic E-state index is -0.438. The average Bonchev–Trinajstić information content (AvgIpc) is 2.88. The molecule has 5 rings (SSSR count). The van der Waals surface area contributed by atoms with Gasteiger partial charge in [0.25, 0.3) is 0 Å².